The molecule has 3 fully saturated rings. The van der Waals surface area contributed by atoms with Crippen LogP contribution in [0.15, 0.2) is 0 Å². The number of hydrogen-bond donors (Lipinski definition) is 2. The summed E-state index contributed by atoms with van der Waals surface area (Å²) in [6.07, 6.45) is -4.13. The van der Waals surface area contributed by atoms with E-state index in [1.54, 1.807) is 27.9 Å². The van der Waals surface area contributed by atoms with Crippen LogP contribution in [0.1, 0.15) is 115 Å². The van der Waals surface area contributed by atoms with Gasteiger partial charge < -0.3 is 57.8 Å². The number of likely N-dealkylation sites (N-methyl/N-ethyl adjacent to an activating group) is 1. The molecule has 18 atom stereocenters. The first-order valence-corrected chi connectivity index (χ1v) is 20.6. The molecule has 14 heteroatoms. The van der Waals surface area contributed by atoms with E-state index in [-0.39, 0.29) is 36.8 Å². The zero-order chi connectivity index (χ0) is 42.5. The Morgan fingerprint density at radius 3 is 2.09 bits per heavy atom. The molecule has 3 aliphatic rings. The van der Waals surface area contributed by atoms with E-state index in [0.717, 1.165) is 6.29 Å². The first-order chi connectivity index (χ1) is 26.0. The lowest BCUT2D eigenvalue weighted by Gasteiger charge is -2.50. The average molecular weight is 802 g/mol. The van der Waals surface area contributed by atoms with E-state index in [0.29, 0.717) is 25.7 Å². The lowest BCUT2D eigenvalue weighted by molar-refractivity contribution is -0.320. The third-order valence-electron chi connectivity index (χ3n) is 13.1. The molecule has 0 radical (unpaired) electrons. The van der Waals surface area contributed by atoms with Gasteiger partial charge in [-0.2, -0.15) is 0 Å². The van der Waals surface area contributed by atoms with Gasteiger partial charge in [-0.05, 0) is 93.2 Å². The molecule has 0 spiro atoms. The number of aliphatic hydroxyl groups is 2. The van der Waals surface area contributed by atoms with Gasteiger partial charge in [0.05, 0.1) is 35.9 Å². The van der Waals surface area contributed by atoms with Gasteiger partial charge in [-0.1, -0.05) is 27.7 Å². The van der Waals surface area contributed by atoms with Crippen molar-refractivity contribution >= 4 is 18.2 Å². The van der Waals surface area contributed by atoms with Crippen LogP contribution in [0.4, 0.5) is 0 Å². The zero-order valence-corrected chi connectivity index (χ0v) is 36.8. The number of aldehydes is 1. The van der Waals surface area contributed by atoms with E-state index in [9.17, 15) is 24.6 Å². The van der Waals surface area contributed by atoms with Crippen molar-refractivity contribution in [2.24, 2.45) is 29.6 Å². The van der Waals surface area contributed by atoms with Crippen LogP contribution in [0.5, 0.6) is 0 Å². The second kappa shape index (κ2) is 20.0. The molecule has 2 N–H and O–H groups in total. The number of aliphatic hydroxyl groups excluding tert-OH is 1. The van der Waals surface area contributed by atoms with E-state index in [1.807, 2.05) is 60.5 Å². The molecule has 2 unspecified atom stereocenters. The molecule has 0 bridgehead atoms. The minimum absolute atomic E-state index is 0.00866. The number of ether oxygens (including phenoxy) is 8. The number of hydrogen-bond acceptors (Lipinski definition) is 14. The third-order valence-corrected chi connectivity index (χ3v) is 13.1. The molecule has 0 aromatic carbocycles. The summed E-state index contributed by atoms with van der Waals surface area (Å²) in [5.74, 6) is -3.28. The Morgan fingerprint density at radius 2 is 1.55 bits per heavy atom. The predicted octanol–water partition coefficient (Wildman–Crippen LogP) is 4.68. The fourth-order valence-electron chi connectivity index (χ4n) is 9.93. The van der Waals surface area contributed by atoms with Gasteiger partial charge in [0.2, 0.25) is 0 Å². The molecule has 0 saturated carbocycles. The molecule has 3 heterocycles. The van der Waals surface area contributed by atoms with E-state index in [4.69, 9.17) is 37.9 Å². The summed E-state index contributed by atoms with van der Waals surface area (Å²) >= 11 is 0. The predicted molar refractivity (Wildman–Crippen MR) is 208 cm³/mol. The van der Waals surface area contributed by atoms with Gasteiger partial charge in [0.25, 0.3) is 0 Å². The molecule has 56 heavy (non-hydrogen) atoms. The maximum atomic E-state index is 14.5. The van der Waals surface area contributed by atoms with Gasteiger partial charge in [-0.25, -0.2) is 0 Å². The van der Waals surface area contributed by atoms with Crippen molar-refractivity contribution in [3.05, 3.63) is 0 Å². The quantitative estimate of drug-likeness (QED) is 0.218. The van der Waals surface area contributed by atoms with Crippen molar-refractivity contribution in [2.45, 2.75) is 193 Å². The highest BCUT2D eigenvalue weighted by molar-refractivity contribution is 5.73. The van der Waals surface area contributed by atoms with Gasteiger partial charge in [0.15, 0.2) is 18.7 Å². The molecule has 3 saturated heterocycles. The summed E-state index contributed by atoms with van der Waals surface area (Å²) in [6.45, 7) is 20.1. The highest BCUT2D eigenvalue weighted by Crippen LogP contribution is 2.44. The molecule has 0 aromatic heterocycles. The monoisotopic (exact) mass is 802 g/mol. The van der Waals surface area contributed by atoms with Crippen LogP contribution >= 0.6 is 0 Å². The number of cyclic esters (lactones) is 1. The summed E-state index contributed by atoms with van der Waals surface area (Å²) in [5.41, 5.74) is -3.54. The molecule has 0 aliphatic carbocycles. The first-order valence-electron chi connectivity index (χ1n) is 20.6. The Labute approximate surface area is 335 Å². The third kappa shape index (κ3) is 11.1. The van der Waals surface area contributed by atoms with Crippen LogP contribution in [0.2, 0.25) is 0 Å². The lowest BCUT2D eigenvalue weighted by atomic mass is 9.70. The molecule has 14 nitrogen and oxygen atoms in total. The van der Waals surface area contributed by atoms with Crippen molar-refractivity contribution in [1.82, 2.24) is 4.90 Å². The van der Waals surface area contributed by atoms with Crippen LogP contribution < -0.4 is 0 Å². The van der Waals surface area contributed by atoms with Gasteiger partial charge in [-0.15, -0.1) is 0 Å². The van der Waals surface area contributed by atoms with Crippen LogP contribution in [0.3, 0.4) is 0 Å². The Balaban J connectivity index is 2.22. The Kier molecular flexibility index (Phi) is 17.4. The van der Waals surface area contributed by atoms with E-state index in [2.05, 4.69) is 6.92 Å². The number of carbonyl (C=O) groups excluding carboxylic acids is 3. The highest BCUT2D eigenvalue weighted by Gasteiger charge is 2.54. The Hall–Kier alpha value is -1.75. The van der Waals surface area contributed by atoms with Gasteiger partial charge in [-0.3, -0.25) is 9.59 Å². The fourth-order valence-corrected chi connectivity index (χ4v) is 9.93. The van der Waals surface area contributed by atoms with Gasteiger partial charge >= 0.3 is 11.9 Å². The van der Waals surface area contributed by atoms with Crippen molar-refractivity contribution in [1.29, 1.82) is 0 Å². The number of rotatable bonds is 11. The molecule has 0 aromatic rings. The van der Waals surface area contributed by atoms with Crippen molar-refractivity contribution in [3.8, 4) is 0 Å². The van der Waals surface area contributed by atoms with E-state index >= 15 is 0 Å². The van der Waals surface area contributed by atoms with Crippen molar-refractivity contribution in [2.75, 3.05) is 28.3 Å². The molecular formula is C42H75NO13. The first kappa shape index (κ1) is 48.6. The zero-order valence-electron chi connectivity index (χ0n) is 36.8. The smallest absolute Gasteiger partial charge is 0.311 e. The summed E-state index contributed by atoms with van der Waals surface area (Å²) in [4.78, 5) is 40.6. The summed E-state index contributed by atoms with van der Waals surface area (Å²) in [5, 5.41) is 23.8. The minimum atomic E-state index is -1.52. The number of esters is 2. The van der Waals surface area contributed by atoms with E-state index in [1.165, 1.54) is 14.0 Å². The Bertz CT molecular complexity index is 1280. The summed E-state index contributed by atoms with van der Waals surface area (Å²) in [6, 6.07) is -0.241. The second-order valence-electron chi connectivity index (χ2n) is 18.0. The van der Waals surface area contributed by atoms with Crippen LogP contribution in [-0.2, 0) is 52.3 Å². The maximum absolute atomic E-state index is 14.5. The molecular weight excluding hydrogens is 726 g/mol. The van der Waals surface area contributed by atoms with Crippen LogP contribution in [-0.4, -0.2) is 140 Å². The fraction of sp³-hybridized carbons (Fsp3) is 0.929. The van der Waals surface area contributed by atoms with Crippen molar-refractivity contribution in [3.63, 3.8) is 0 Å². The number of carbonyl (C=O) groups is 3. The lowest BCUT2D eigenvalue weighted by Crippen LogP contribution is -2.61. The number of methoxy groups -OCH3 is 2. The van der Waals surface area contributed by atoms with Gasteiger partial charge in [0.1, 0.15) is 29.7 Å². The highest BCUT2D eigenvalue weighted by atomic mass is 16.7. The maximum Gasteiger partial charge on any atom is 0.311 e. The average Bonchev–Trinajstić information content (AvgIpc) is 3.11. The summed E-state index contributed by atoms with van der Waals surface area (Å²) in [7, 11) is 6.99. The summed E-state index contributed by atoms with van der Waals surface area (Å²) < 4.78 is 50.8. The van der Waals surface area contributed by atoms with E-state index < -0.39 is 95.7 Å². The number of nitrogens with zero attached hydrogens (tertiary/aromatic N) is 1. The molecule has 3 aliphatic heterocycles. The van der Waals surface area contributed by atoms with Crippen molar-refractivity contribution < 1.29 is 62.5 Å². The van der Waals surface area contributed by atoms with Gasteiger partial charge in [0, 0.05) is 51.9 Å². The normalized spacial score (nSPS) is 46.1. The molecule has 3 rings (SSSR count). The topological polar surface area (TPSA) is 169 Å². The Morgan fingerprint density at radius 1 is 0.946 bits per heavy atom. The molecule has 0 amide bonds. The minimum Gasteiger partial charge on any atom is -0.459 e. The molecule has 326 valence electrons. The largest absolute Gasteiger partial charge is 0.459 e. The standard InChI is InChI=1S/C42H75NO13/c1-16-32-42(11,48)30(17-18-44)24(3)19-23(2)21-40(9,49-14)36(56-39-34(46)31(43(12)13)20-25(4)51-39)26(5)35(27(6)38(47)54-32)55-33-22-41(10,50-15)37(28(7)52-33)53-29(8)45/h18,23-28,30-37,39,46,48H,16-17,19-22H2,1-15H3/t23-,24?,25+,26-,27+,28-,30+,31-,32+,33?,34+,35-,36+,37-,39-,40+,41+,42-/m0/s1. The van der Waals surface area contributed by atoms with Crippen LogP contribution in [0.25, 0.3) is 0 Å². The second-order valence-corrected chi connectivity index (χ2v) is 18.0. The SMILES string of the molecule is CC[C@H]1OC(=O)[C@H](C)[C@@H](OC2C[C@@](C)(OC)[C@@H](OC(C)=O)[C@H](C)O2)[C@H](C)[C@@H](O[C@@H]2O[C@H](C)C[C@H](N(C)C)[C@H]2O)[C@](C)(OC)C[C@@H](C)CC(C)[C@@H](CC=O)[C@]1(C)O. The van der Waals surface area contributed by atoms with Crippen LogP contribution in [0, 0.1) is 29.6 Å².